The highest BCUT2D eigenvalue weighted by Gasteiger charge is 2.42. The Hall–Kier alpha value is -3.88. The predicted octanol–water partition coefficient (Wildman–Crippen LogP) is 5.36. The van der Waals surface area contributed by atoms with Crippen LogP contribution in [0.3, 0.4) is 0 Å². The lowest BCUT2D eigenvalue weighted by molar-refractivity contribution is -0.143. The largest absolute Gasteiger partial charge is 0.417 e. The zero-order valence-electron chi connectivity index (χ0n) is 17.5. The Balaban J connectivity index is 1.79. The average Bonchev–Trinajstić information content (AvgIpc) is 3.25. The minimum atomic E-state index is -5.15. The molecule has 182 valence electrons. The molecule has 0 spiro atoms. The van der Waals surface area contributed by atoms with E-state index in [1.54, 1.807) is 0 Å². The molecule has 1 amide bonds. The summed E-state index contributed by atoms with van der Waals surface area (Å²) in [6, 6.07) is 4.73. The van der Waals surface area contributed by atoms with Crippen LogP contribution in [0.4, 0.5) is 36.4 Å². The molecule has 0 N–H and O–H groups in total. The van der Waals surface area contributed by atoms with Gasteiger partial charge in [0.2, 0.25) is 12.3 Å². The third-order valence-electron chi connectivity index (χ3n) is 5.45. The summed E-state index contributed by atoms with van der Waals surface area (Å²) >= 11 is 0. The number of benzene rings is 2. The van der Waals surface area contributed by atoms with E-state index < -0.39 is 46.7 Å². The van der Waals surface area contributed by atoms with E-state index >= 15 is 0 Å². The van der Waals surface area contributed by atoms with E-state index in [4.69, 9.17) is 4.42 Å². The summed E-state index contributed by atoms with van der Waals surface area (Å²) in [5.74, 6) is 2.17. The van der Waals surface area contributed by atoms with Crippen molar-refractivity contribution in [2.24, 2.45) is 0 Å². The molecule has 1 aliphatic rings. The van der Waals surface area contributed by atoms with Crippen LogP contribution in [0.25, 0.3) is 0 Å². The van der Waals surface area contributed by atoms with Gasteiger partial charge in [-0.1, -0.05) is 17.1 Å². The van der Waals surface area contributed by atoms with Gasteiger partial charge in [0.25, 0.3) is 5.89 Å². The van der Waals surface area contributed by atoms with E-state index in [0.717, 1.165) is 23.4 Å². The normalized spacial score (nSPS) is 16.4. The summed E-state index contributed by atoms with van der Waals surface area (Å²) in [7, 11) is 0. The summed E-state index contributed by atoms with van der Waals surface area (Å²) in [4.78, 5) is 14.5. The molecule has 2 aromatic carbocycles. The Morgan fingerprint density at radius 2 is 1.83 bits per heavy atom. The van der Waals surface area contributed by atoms with Gasteiger partial charge in [-0.25, -0.2) is 4.39 Å². The maximum atomic E-state index is 13.9. The van der Waals surface area contributed by atoms with Gasteiger partial charge in [0.15, 0.2) is 0 Å². The van der Waals surface area contributed by atoms with Crippen molar-refractivity contribution in [3.63, 3.8) is 0 Å². The van der Waals surface area contributed by atoms with Crippen molar-refractivity contribution in [1.29, 1.82) is 0 Å². The first-order chi connectivity index (χ1) is 16.4. The van der Waals surface area contributed by atoms with Crippen molar-refractivity contribution in [2.45, 2.75) is 31.1 Å². The Morgan fingerprint density at radius 1 is 1.06 bits per heavy atom. The Kier molecular flexibility index (Phi) is 6.27. The summed E-state index contributed by atoms with van der Waals surface area (Å²) < 4.78 is 99.4. The van der Waals surface area contributed by atoms with Gasteiger partial charge in [-0.05, 0) is 60.2 Å². The number of aromatic nitrogens is 2. The van der Waals surface area contributed by atoms with Crippen molar-refractivity contribution in [3.8, 4) is 11.8 Å². The summed E-state index contributed by atoms with van der Waals surface area (Å²) in [5, 5.41) is 7.01. The lowest BCUT2D eigenvalue weighted by atomic mass is 9.88. The molecule has 2 heterocycles. The number of alkyl halides is 6. The zero-order valence-corrected chi connectivity index (χ0v) is 17.5. The van der Waals surface area contributed by atoms with Crippen molar-refractivity contribution in [1.82, 2.24) is 10.2 Å². The topological polar surface area (TPSA) is 59.2 Å². The quantitative estimate of drug-likeness (QED) is 0.353. The minimum Gasteiger partial charge on any atom is -0.417 e. The van der Waals surface area contributed by atoms with Crippen molar-refractivity contribution in [3.05, 3.63) is 76.8 Å². The fraction of sp³-hybridized carbons (Fsp3) is 0.261. The van der Waals surface area contributed by atoms with Gasteiger partial charge in [0, 0.05) is 5.69 Å². The molecule has 3 aromatic rings. The monoisotopic (exact) mass is 497 g/mol. The number of carbonyl (C=O) groups excluding carboxylic acids is 1. The molecule has 0 aliphatic carbocycles. The van der Waals surface area contributed by atoms with Crippen LogP contribution >= 0.6 is 0 Å². The van der Waals surface area contributed by atoms with E-state index in [9.17, 15) is 35.5 Å². The number of aryl methyl sites for hydroxylation is 1. The Labute approximate surface area is 193 Å². The predicted molar refractivity (Wildman–Crippen MR) is 107 cm³/mol. The van der Waals surface area contributed by atoms with Crippen LogP contribution in [0, 0.1) is 17.7 Å². The molecule has 0 fully saturated rings. The molecule has 1 unspecified atom stereocenters. The van der Waals surface area contributed by atoms with Gasteiger partial charge < -0.3 is 4.42 Å². The number of fused-ring (bicyclic) bond motifs is 1. The standard InChI is InChI=1S/C23H14F7N3O2/c24-15-5-8-19-13(10-15)3-6-17(21(34)33(19)9-1-2-20-32-31-12-35-20)16-7-4-14(22(25,26)27)11-18(16)23(28,29)30/h4-5,7-8,10-12,17H,3,6,9H2. The van der Waals surface area contributed by atoms with E-state index in [2.05, 4.69) is 22.0 Å². The fourth-order valence-corrected chi connectivity index (χ4v) is 3.90. The van der Waals surface area contributed by atoms with Crippen LogP contribution < -0.4 is 4.90 Å². The summed E-state index contributed by atoms with van der Waals surface area (Å²) in [6.07, 6.45) is -9.30. The first-order valence-electron chi connectivity index (χ1n) is 10.1. The Morgan fingerprint density at radius 3 is 2.49 bits per heavy atom. The van der Waals surface area contributed by atoms with Gasteiger partial charge in [0.1, 0.15) is 5.82 Å². The zero-order chi connectivity index (χ0) is 25.4. The molecule has 0 saturated carbocycles. The average molecular weight is 497 g/mol. The fourth-order valence-electron chi connectivity index (χ4n) is 3.90. The van der Waals surface area contributed by atoms with Gasteiger partial charge in [0.05, 0.1) is 23.6 Å². The highest BCUT2D eigenvalue weighted by atomic mass is 19.4. The van der Waals surface area contributed by atoms with Crippen molar-refractivity contribution >= 4 is 11.6 Å². The van der Waals surface area contributed by atoms with E-state index in [-0.39, 0.29) is 37.0 Å². The first-order valence-corrected chi connectivity index (χ1v) is 10.1. The highest BCUT2D eigenvalue weighted by molar-refractivity contribution is 6.00. The number of amides is 1. The van der Waals surface area contributed by atoms with Crippen molar-refractivity contribution < 1.29 is 39.9 Å². The number of nitrogens with zero attached hydrogens (tertiary/aromatic N) is 3. The van der Waals surface area contributed by atoms with Crippen LogP contribution in [0.2, 0.25) is 0 Å². The van der Waals surface area contributed by atoms with Gasteiger partial charge in [-0.15, -0.1) is 5.10 Å². The van der Waals surface area contributed by atoms with Gasteiger partial charge in [-0.2, -0.15) is 26.3 Å². The SMILES string of the molecule is O=C1C(c2ccc(C(F)(F)F)cc2C(F)(F)F)CCc2cc(F)ccc2N1CC#Cc1nnco1. The molecule has 4 rings (SSSR count). The second-order valence-corrected chi connectivity index (χ2v) is 7.63. The molecular weight excluding hydrogens is 483 g/mol. The minimum absolute atomic E-state index is 0.0000375. The number of halogens is 7. The maximum absolute atomic E-state index is 13.9. The smallest absolute Gasteiger partial charge is 0.416 e. The Bertz CT molecular complexity index is 1310. The molecule has 1 atom stereocenters. The van der Waals surface area contributed by atoms with Crippen LogP contribution in [0.15, 0.2) is 47.2 Å². The second-order valence-electron chi connectivity index (χ2n) is 7.63. The number of carbonyl (C=O) groups is 1. The summed E-state index contributed by atoms with van der Waals surface area (Å²) in [6.45, 7) is -0.321. The third kappa shape index (κ3) is 5.13. The number of anilines is 1. The molecule has 0 bridgehead atoms. The van der Waals surface area contributed by atoms with Crippen molar-refractivity contribution in [2.75, 3.05) is 11.4 Å². The van der Waals surface area contributed by atoms with Crippen LogP contribution in [0.1, 0.15) is 40.5 Å². The number of hydrogen-bond donors (Lipinski definition) is 0. The molecule has 1 aromatic heterocycles. The highest BCUT2D eigenvalue weighted by Crippen LogP contribution is 2.42. The van der Waals surface area contributed by atoms with E-state index in [1.165, 1.54) is 6.07 Å². The molecule has 0 saturated heterocycles. The number of hydrogen-bond acceptors (Lipinski definition) is 4. The van der Waals surface area contributed by atoms with E-state index in [1.807, 2.05) is 0 Å². The van der Waals surface area contributed by atoms with Crippen LogP contribution in [-0.2, 0) is 23.6 Å². The molecule has 12 heteroatoms. The molecule has 1 aliphatic heterocycles. The summed E-state index contributed by atoms with van der Waals surface area (Å²) in [5.41, 5.74) is -3.05. The molecule has 0 radical (unpaired) electrons. The molecular formula is C23H14F7N3O2. The lowest BCUT2D eigenvalue weighted by Gasteiger charge is -2.26. The second kappa shape index (κ2) is 9.05. The van der Waals surface area contributed by atoms with Crippen LogP contribution in [-0.4, -0.2) is 22.6 Å². The molecule has 5 nitrogen and oxygen atoms in total. The first kappa shape index (κ1) is 24.3. The number of rotatable bonds is 2. The van der Waals surface area contributed by atoms with Crippen LogP contribution in [0.5, 0.6) is 0 Å². The van der Waals surface area contributed by atoms with E-state index in [0.29, 0.717) is 17.7 Å². The van der Waals surface area contributed by atoms with Gasteiger partial charge in [-0.3, -0.25) is 9.69 Å². The van der Waals surface area contributed by atoms with Gasteiger partial charge >= 0.3 is 12.4 Å². The molecule has 35 heavy (non-hydrogen) atoms. The lowest BCUT2D eigenvalue weighted by Crippen LogP contribution is -2.35. The third-order valence-corrected chi connectivity index (χ3v) is 5.45. The maximum Gasteiger partial charge on any atom is 0.416 e.